The van der Waals surface area contributed by atoms with Gasteiger partial charge in [-0.2, -0.15) is 0 Å². The molecular weight excluding hydrogens is 323 g/mol. The highest BCUT2D eigenvalue weighted by Gasteiger charge is 2.13. The first kappa shape index (κ1) is 13.3. The van der Waals surface area contributed by atoms with Crippen LogP contribution in [0.4, 0.5) is 4.39 Å². The van der Waals surface area contributed by atoms with Crippen LogP contribution in [0.1, 0.15) is 17.5 Å². The summed E-state index contributed by atoms with van der Waals surface area (Å²) in [6.07, 6.45) is 0.426. The van der Waals surface area contributed by atoms with Crippen LogP contribution >= 0.6 is 15.9 Å². The average Bonchev–Trinajstić information content (AvgIpc) is 2.83. The van der Waals surface area contributed by atoms with E-state index in [0.717, 1.165) is 11.1 Å². The molecule has 0 saturated heterocycles. The van der Waals surface area contributed by atoms with Gasteiger partial charge in [0.15, 0.2) is 11.5 Å². The molecule has 3 nitrogen and oxygen atoms in total. The molecular formula is C15H12BrFN2O. The Morgan fingerprint density at radius 1 is 1.25 bits per heavy atom. The first-order chi connectivity index (χ1) is 9.63. The topological polar surface area (TPSA) is 52.0 Å². The van der Waals surface area contributed by atoms with Crippen LogP contribution in [0.3, 0.4) is 0 Å². The molecule has 2 aromatic carbocycles. The number of hydrogen-bond acceptors (Lipinski definition) is 3. The summed E-state index contributed by atoms with van der Waals surface area (Å²) >= 11 is 3.12. The fourth-order valence-corrected chi connectivity index (χ4v) is 2.30. The first-order valence-electron chi connectivity index (χ1n) is 6.18. The molecule has 3 aromatic rings. The highest BCUT2D eigenvalue weighted by Crippen LogP contribution is 2.23. The largest absolute Gasteiger partial charge is 0.441 e. The van der Waals surface area contributed by atoms with E-state index in [2.05, 4.69) is 20.9 Å². The van der Waals surface area contributed by atoms with Crippen LogP contribution < -0.4 is 5.73 Å². The molecule has 0 aliphatic rings. The van der Waals surface area contributed by atoms with Gasteiger partial charge in [0, 0.05) is 12.5 Å². The van der Waals surface area contributed by atoms with Gasteiger partial charge in [-0.1, -0.05) is 18.2 Å². The maximum absolute atomic E-state index is 13.5. The Morgan fingerprint density at radius 3 is 2.80 bits per heavy atom. The third-order valence-corrected chi connectivity index (χ3v) is 3.75. The molecule has 2 N–H and O–H groups in total. The summed E-state index contributed by atoms with van der Waals surface area (Å²) in [7, 11) is 0. The predicted octanol–water partition coefficient (Wildman–Crippen LogP) is 3.97. The number of hydrogen-bond donors (Lipinski definition) is 1. The van der Waals surface area contributed by atoms with Crippen LogP contribution in [0.25, 0.3) is 11.1 Å². The molecule has 0 amide bonds. The van der Waals surface area contributed by atoms with Gasteiger partial charge in [-0.3, -0.25) is 0 Å². The van der Waals surface area contributed by atoms with Gasteiger partial charge in [0.05, 0.1) is 4.47 Å². The van der Waals surface area contributed by atoms with Gasteiger partial charge in [0.25, 0.3) is 0 Å². The van der Waals surface area contributed by atoms with Crippen LogP contribution in [0.15, 0.2) is 51.4 Å². The van der Waals surface area contributed by atoms with E-state index in [1.165, 1.54) is 6.07 Å². The van der Waals surface area contributed by atoms with Crippen molar-refractivity contribution < 1.29 is 8.81 Å². The van der Waals surface area contributed by atoms with E-state index >= 15 is 0 Å². The number of para-hydroxylation sites is 2. The normalized spacial score (nSPS) is 12.8. The van der Waals surface area contributed by atoms with E-state index in [-0.39, 0.29) is 11.9 Å². The third kappa shape index (κ3) is 2.59. The van der Waals surface area contributed by atoms with Crippen LogP contribution in [-0.2, 0) is 6.42 Å². The van der Waals surface area contributed by atoms with Gasteiger partial charge in [0.1, 0.15) is 11.3 Å². The summed E-state index contributed by atoms with van der Waals surface area (Å²) in [6, 6.07) is 12.0. The van der Waals surface area contributed by atoms with Crippen LogP contribution in [0.2, 0.25) is 0 Å². The molecule has 5 heteroatoms. The zero-order valence-corrected chi connectivity index (χ0v) is 12.1. The van der Waals surface area contributed by atoms with Crippen molar-refractivity contribution in [1.82, 2.24) is 4.98 Å². The minimum absolute atomic E-state index is 0.324. The second kappa shape index (κ2) is 5.34. The lowest BCUT2D eigenvalue weighted by atomic mass is 10.0. The molecule has 0 radical (unpaired) electrons. The lowest BCUT2D eigenvalue weighted by molar-refractivity contribution is 0.501. The Labute approximate surface area is 123 Å². The predicted molar refractivity (Wildman–Crippen MR) is 78.7 cm³/mol. The minimum Gasteiger partial charge on any atom is -0.441 e. The average molecular weight is 335 g/mol. The number of fused-ring (bicyclic) bond motifs is 1. The van der Waals surface area contributed by atoms with Crippen molar-refractivity contribution in [2.75, 3.05) is 0 Å². The van der Waals surface area contributed by atoms with E-state index in [0.29, 0.717) is 22.3 Å². The van der Waals surface area contributed by atoms with E-state index < -0.39 is 0 Å². The fourth-order valence-electron chi connectivity index (χ4n) is 2.06. The second-order valence-corrected chi connectivity index (χ2v) is 5.41. The summed E-state index contributed by atoms with van der Waals surface area (Å²) in [4.78, 5) is 4.37. The molecule has 0 fully saturated rings. The van der Waals surface area contributed by atoms with Gasteiger partial charge in [0.2, 0.25) is 0 Å². The lowest BCUT2D eigenvalue weighted by Crippen LogP contribution is -2.13. The van der Waals surface area contributed by atoms with E-state index in [4.69, 9.17) is 10.2 Å². The van der Waals surface area contributed by atoms with E-state index in [9.17, 15) is 4.39 Å². The van der Waals surface area contributed by atoms with Crippen molar-refractivity contribution in [3.05, 3.63) is 64.2 Å². The van der Waals surface area contributed by atoms with Gasteiger partial charge in [-0.25, -0.2) is 9.37 Å². The number of nitrogens with two attached hydrogens (primary N) is 1. The molecule has 0 saturated carbocycles. The fraction of sp³-hybridized carbons (Fsp3) is 0.133. The van der Waals surface area contributed by atoms with Crippen molar-refractivity contribution in [3.8, 4) is 0 Å². The molecule has 102 valence electrons. The number of benzene rings is 2. The standard InChI is InChI=1S/C15H12BrFN2O/c16-10-6-5-9(7-11(10)17)12(18)8-15-19-13-3-1-2-4-14(13)20-15/h1-7,12H,8,18H2. The zero-order valence-electron chi connectivity index (χ0n) is 10.5. The minimum atomic E-state index is -0.356. The second-order valence-electron chi connectivity index (χ2n) is 4.56. The van der Waals surface area contributed by atoms with Crippen molar-refractivity contribution in [2.45, 2.75) is 12.5 Å². The highest BCUT2D eigenvalue weighted by atomic mass is 79.9. The third-order valence-electron chi connectivity index (χ3n) is 3.10. The molecule has 0 bridgehead atoms. The Bertz CT molecular complexity index is 723. The molecule has 1 atom stereocenters. The summed E-state index contributed by atoms with van der Waals surface area (Å²) in [5.41, 5.74) is 8.34. The first-order valence-corrected chi connectivity index (χ1v) is 6.98. The molecule has 0 aliphatic carbocycles. The molecule has 20 heavy (non-hydrogen) atoms. The SMILES string of the molecule is NC(Cc1nc2ccccc2o1)c1ccc(Br)c(F)c1. The molecule has 1 heterocycles. The quantitative estimate of drug-likeness (QED) is 0.788. The number of nitrogens with zero attached hydrogens (tertiary/aromatic N) is 1. The molecule has 0 aliphatic heterocycles. The number of rotatable bonds is 3. The Morgan fingerprint density at radius 2 is 2.05 bits per heavy atom. The molecule has 3 rings (SSSR count). The molecule has 0 spiro atoms. The summed E-state index contributed by atoms with van der Waals surface area (Å²) in [6.45, 7) is 0. The van der Waals surface area contributed by atoms with Crippen LogP contribution in [0.5, 0.6) is 0 Å². The van der Waals surface area contributed by atoms with Crippen molar-refractivity contribution in [2.24, 2.45) is 5.73 Å². The Balaban J connectivity index is 1.84. The van der Waals surface area contributed by atoms with E-state index in [1.54, 1.807) is 12.1 Å². The van der Waals surface area contributed by atoms with Crippen molar-refractivity contribution in [1.29, 1.82) is 0 Å². The number of oxazole rings is 1. The summed E-state index contributed by atoms with van der Waals surface area (Å²) in [5.74, 6) is 0.234. The summed E-state index contributed by atoms with van der Waals surface area (Å²) in [5, 5.41) is 0. The lowest BCUT2D eigenvalue weighted by Gasteiger charge is -2.10. The Hall–Kier alpha value is -1.72. The summed E-state index contributed by atoms with van der Waals surface area (Å²) < 4.78 is 19.6. The smallest absolute Gasteiger partial charge is 0.197 e. The molecule has 1 aromatic heterocycles. The van der Waals surface area contributed by atoms with Gasteiger partial charge >= 0.3 is 0 Å². The Kier molecular flexibility index (Phi) is 3.54. The molecule has 1 unspecified atom stereocenters. The van der Waals surface area contributed by atoms with Gasteiger partial charge in [-0.15, -0.1) is 0 Å². The zero-order chi connectivity index (χ0) is 14.1. The maximum Gasteiger partial charge on any atom is 0.197 e. The van der Waals surface area contributed by atoms with Crippen LogP contribution in [0, 0.1) is 5.82 Å². The number of halogens is 2. The monoisotopic (exact) mass is 334 g/mol. The van der Waals surface area contributed by atoms with Gasteiger partial charge < -0.3 is 10.2 Å². The van der Waals surface area contributed by atoms with Crippen LogP contribution in [-0.4, -0.2) is 4.98 Å². The van der Waals surface area contributed by atoms with Crippen molar-refractivity contribution >= 4 is 27.0 Å². The van der Waals surface area contributed by atoms with Gasteiger partial charge in [-0.05, 0) is 45.8 Å². The number of aromatic nitrogens is 1. The van der Waals surface area contributed by atoms with Crippen molar-refractivity contribution in [3.63, 3.8) is 0 Å². The maximum atomic E-state index is 13.5. The highest BCUT2D eigenvalue weighted by molar-refractivity contribution is 9.10. The van der Waals surface area contributed by atoms with E-state index in [1.807, 2.05) is 24.3 Å².